The zero-order chi connectivity index (χ0) is 22.9. The van der Waals surface area contributed by atoms with Crippen LogP contribution in [0, 0.1) is 12.8 Å². The van der Waals surface area contributed by atoms with Crippen molar-refractivity contribution in [3.05, 3.63) is 77.4 Å². The van der Waals surface area contributed by atoms with Crippen molar-refractivity contribution in [1.29, 1.82) is 0 Å². The first kappa shape index (κ1) is 21.2. The van der Waals surface area contributed by atoms with E-state index >= 15 is 0 Å². The summed E-state index contributed by atoms with van der Waals surface area (Å²) in [5.41, 5.74) is 5.31. The summed E-state index contributed by atoms with van der Waals surface area (Å²) in [6.45, 7) is 4.09. The maximum absolute atomic E-state index is 12.9. The van der Waals surface area contributed by atoms with Gasteiger partial charge in [-0.1, -0.05) is 13.0 Å². The quantitative estimate of drug-likeness (QED) is 0.452. The molecule has 5 rings (SSSR count). The number of anilines is 1. The molecule has 1 unspecified atom stereocenters. The lowest BCUT2D eigenvalue weighted by Crippen LogP contribution is -2.18. The number of aryl methyl sites for hydroxylation is 2. The molecule has 2 heterocycles. The number of fused-ring (bicyclic) bond motifs is 2. The number of carbonyl (C=O) groups is 1. The Kier molecular flexibility index (Phi) is 5.56. The second-order valence-electron chi connectivity index (χ2n) is 8.76. The summed E-state index contributed by atoms with van der Waals surface area (Å²) in [6, 6.07) is 12.8. The fourth-order valence-corrected chi connectivity index (χ4v) is 4.45. The van der Waals surface area contributed by atoms with Crippen molar-refractivity contribution < 1.29 is 14.6 Å². The van der Waals surface area contributed by atoms with Crippen LogP contribution >= 0.6 is 0 Å². The number of ether oxygens (including phenoxy) is 1. The minimum atomic E-state index is -0.271. The van der Waals surface area contributed by atoms with E-state index in [0.717, 1.165) is 52.5 Å². The average molecular weight is 443 g/mol. The topological polar surface area (TPSA) is 89.3 Å². The van der Waals surface area contributed by atoms with Gasteiger partial charge in [-0.15, -0.1) is 0 Å². The molecule has 1 aliphatic rings. The van der Waals surface area contributed by atoms with E-state index in [4.69, 9.17) is 4.74 Å². The number of aliphatic hydroxyl groups is 1. The first-order valence-corrected chi connectivity index (χ1v) is 11.1. The summed E-state index contributed by atoms with van der Waals surface area (Å²) < 4.78 is 7.72. The molecule has 0 radical (unpaired) electrons. The lowest BCUT2D eigenvalue weighted by atomic mass is 9.88. The van der Waals surface area contributed by atoms with Crippen LogP contribution in [0.5, 0.6) is 11.6 Å². The van der Waals surface area contributed by atoms with Crippen molar-refractivity contribution in [3.63, 3.8) is 0 Å². The Balaban J connectivity index is 1.38. The summed E-state index contributed by atoms with van der Waals surface area (Å²) in [5.74, 6) is 1.87. The van der Waals surface area contributed by atoms with Crippen molar-refractivity contribution >= 4 is 22.6 Å². The summed E-state index contributed by atoms with van der Waals surface area (Å²) in [5, 5.41) is 13.2. The molecule has 33 heavy (non-hydrogen) atoms. The second kappa shape index (κ2) is 8.67. The Morgan fingerprint density at radius 1 is 1.21 bits per heavy atom. The zero-order valence-electron chi connectivity index (χ0n) is 18.7. The van der Waals surface area contributed by atoms with Gasteiger partial charge in [0.1, 0.15) is 12.1 Å². The highest BCUT2D eigenvalue weighted by Gasteiger charge is 2.21. The van der Waals surface area contributed by atoms with Gasteiger partial charge < -0.3 is 15.2 Å². The highest BCUT2D eigenvalue weighted by atomic mass is 16.5. The van der Waals surface area contributed by atoms with Gasteiger partial charge in [-0.2, -0.15) is 0 Å². The number of carbonyl (C=O) groups excluding carboxylic acids is 1. The SMILES string of the molecule is Cc1cc(CO)cc(NC(=O)n2ccc3cc(Oc4ncnc5c4CC(C)CC5)ccc32)c1. The summed E-state index contributed by atoms with van der Waals surface area (Å²) >= 11 is 0. The van der Waals surface area contributed by atoms with E-state index in [0.29, 0.717) is 23.2 Å². The Hall–Kier alpha value is -3.71. The van der Waals surface area contributed by atoms with E-state index in [1.807, 2.05) is 43.3 Å². The number of nitrogens with one attached hydrogen (secondary N) is 1. The van der Waals surface area contributed by atoms with Gasteiger partial charge in [-0.3, -0.25) is 4.57 Å². The van der Waals surface area contributed by atoms with Gasteiger partial charge in [0, 0.05) is 22.8 Å². The summed E-state index contributed by atoms with van der Waals surface area (Å²) in [7, 11) is 0. The molecule has 1 aliphatic carbocycles. The Labute approximate surface area is 192 Å². The third kappa shape index (κ3) is 4.32. The van der Waals surface area contributed by atoms with Crippen LogP contribution in [0.3, 0.4) is 0 Å². The van der Waals surface area contributed by atoms with Crippen LogP contribution in [-0.2, 0) is 19.4 Å². The lowest BCUT2D eigenvalue weighted by molar-refractivity contribution is 0.254. The molecule has 1 atom stereocenters. The number of amides is 1. The monoisotopic (exact) mass is 442 g/mol. The molecule has 0 saturated carbocycles. The van der Waals surface area contributed by atoms with Gasteiger partial charge in [-0.05, 0) is 79.6 Å². The molecule has 7 nitrogen and oxygen atoms in total. The molecule has 7 heteroatoms. The lowest BCUT2D eigenvalue weighted by Gasteiger charge is -2.21. The van der Waals surface area contributed by atoms with Crippen LogP contribution in [0.15, 0.2) is 55.0 Å². The maximum atomic E-state index is 12.9. The molecule has 168 valence electrons. The fraction of sp³-hybridized carbons (Fsp3) is 0.269. The molecule has 2 aromatic carbocycles. The van der Waals surface area contributed by atoms with Crippen LogP contribution in [0.2, 0.25) is 0 Å². The first-order valence-electron chi connectivity index (χ1n) is 11.1. The molecular formula is C26H26N4O3. The number of benzene rings is 2. The van der Waals surface area contributed by atoms with E-state index < -0.39 is 0 Å². The number of aromatic nitrogens is 3. The predicted octanol–water partition coefficient (Wildman–Crippen LogP) is 5.23. The van der Waals surface area contributed by atoms with Gasteiger partial charge in [0.15, 0.2) is 0 Å². The predicted molar refractivity (Wildman–Crippen MR) is 127 cm³/mol. The van der Waals surface area contributed by atoms with Crippen molar-refractivity contribution in [2.45, 2.75) is 39.7 Å². The molecule has 0 fully saturated rings. The molecule has 4 aromatic rings. The van der Waals surface area contributed by atoms with E-state index in [-0.39, 0.29) is 12.6 Å². The standard InChI is InChI=1S/C26H26N4O3/c1-16-3-5-23-22(11-16)25(28-15-27-23)33-21-4-6-24-19(13-21)7-8-30(24)26(32)29-20-10-17(2)9-18(12-20)14-31/h4,6-10,12-13,15-16,31H,3,5,11,14H2,1-2H3,(H,29,32). The maximum Gasteiger partial charge on any atom is 0.330 e. The highest BCUT2D eigenvalue weighted by Crippen LogP contribution is 2.33. The van der Waals surface area contributed by atoms with Crippen molar-refractivity contribution in [3.8, 4) is 11.6 Å². The normalized spacial score (nSPS) is 15.3. The molecule has 2 aromatic heterocycles. The summed E-state index contributed by atoms with van der Waals surface area (Å²) in [4.78, 5) is 21.7. The molecular weight excluding hydrogens is 416 g/mol. The van der Waals surface area contributed by atoms with Crippen molar-refractivity contribution in [2.75, 3.05) is 5.32 Å². The van der Waals surface area contributed by atoms with Gasteiger partial charge in [0.25, 0.3) is 0 Å². The zero-order valence-corrected chi connectivity index (χ0v) is 18.7. The van der Waals surface area contributed by atoms with Crippen LogP contribution in [0.4, 0.5) is 10.5 Å². The van der Waals surface area contributed by atoms with E-state index in [1.165, 1.54) is 0 Å². The molecule has 0 bridgehead atoms. The second-order valence-corrected chi connectivity index (χ2v) is 8.76. The molecule has 2 N–H and O–H groups in total. The van der Waals surface area contributed by atoms with Crippen LogP contribution < -0.4 is 10.1 Å². The average Bonchev–Trinajstić information content (AvgIpc) is 3.22. The minimum Gasteiger partial charge on any atom is -0.439 e. The Morgan fingerprint density at radius 2 is 2.09 bits per heavy atom. The van der Waals surface area contributed by atoms with Gasteiger partial charge in [0.05, 0.1) is 17.8 Å². The number of nitrogens with zero attached hydrogens (tertiary/aromatic N) is 3. The third-order valence-electron chi connectivity index (χ3n) is 6.09. The fourth-order valence-electron chi connectivity index (χ4n) is 4.45. The molecule has 0 saturated heterocycles. The van der Waals surface area contributed by atoms with Crippen LogP contribution in [-0.4, -0.2) is 25.7 Å². The molecule has 0 spiro atoms. The first-order chi connectivity index (χ1) is 16.0. The van der Waals surface area contributed by atoms with Gasteiger partial charge in [0.2, 0.25) is 5.88 Å². The van der Waals surface area contributed by atoms with Crippen molar-refractivity contribution in [1.82, 2.24) is 14.5 Å². The Bertz CT molecular complexity index is 1340. The number of aliphatic hydroxyl groups excluding tert-OH is 1. The molecule has 1 amide bonds. The number of hydrogen-bond donors (Lipinski definition) is 2. The third-order valence-corrected chi connectivity index (χ3v) is 6.09. The van der Waals surface area contributed by atoms with E-state index in [1.54, 1.807) is 23.2 Å². The largest absolute Gasteiger partial charge is 0.439 e. The summed E-state index contributed by atoms with van der Waals surface area (Å²) in [6.07, 6.45) is 6.31. The number of hydrogen-bond acceptors (Lipinski definition) is 5. The minimum absolute atomic E-state index is 0.0752. The highest BCUT2D eigenvalue weighted by molar-refractivity contribution is 5.98. The van der Waals surface area contributed by atoms with E-state index in [9.17, 15) is 9.90 Å². The van der Waals surface area contributed by atoms with Crippen LogP contribution in [0.1, 0.15) is 35.7 Å². The molecule has 0 aliphatic heterocycles. The van der Waals surface area contributed by atoms with Gasteiger partial charge >= 0.3 is 6.03 Å². The van der Waals surface area contributed by atoms with Crippen LogP contribution in [0.25, 0.3) is 10.9 Å². The Morgan fingerprint density at radius 3 is 2.94 bits per heavy atom. The van der Waals surface area contributed by atoms with E-state index in [2.05, 4.69) is 22.2 Å². The van der Waals surface area contributed by atoms with Crippen molar-refractivity contribution in [2.24, 2.45) is 5.92 Å². The smallest absolute Gasteiger partial charge is 0.330 e. The number of rotatable bonds is 4. The van der Waals surface area contributed by atoms with Gasteiger partial charge in [-0.25, -0.2) is 14.8 Å².